The summed E-state index contributed by atoms with van der Waals surface area (Å²) in [5, 5.41) is 0.326. The average Bonchev–Trinajstić information content (AvgIpc) is 2.60. The van der Waals surface area contributed by atoms with Crippen molar-refractivity contribution in [1.82, 2.24) is 0 Å². The molecule has 5 nitrogen and oxygen atoms in total. The van der Waals surface area contributed by atoms with Gasteiger partial charge >= 0.3 is 0 Å². The van der Waals surface area contributed by atoms with Crippen molar-refractivity contribution < 1.29 is 23.7 Å². The molecule has 0 fully saturated rings. The summed E-state index contributed by atoms with van der Waals surface area (Å²) in [6.45, 7) is 2.91. The van der Waals surface area contributed by atoms with E-state index in [1.165, 1.54) is 6.07 Å². The van der Waals surface area contributed by atoms with E-state index >= 15 is 0 Å². The van der Waals surface area contributed by atoms with E-state index in [2.05, 4.69) is 0 Å². The van der Waals surface area contributed by atoms with Crippen molar-refractivity contribution in [2.75, 3.05) is 26.9 Å². The molecular weight excluding hydrogens is 332 g/mol. The topological polar surface area (TPSA) is 54.0 Å². The monoisotopic (exact) mass is 350 g/mol. The van der Waals surface area contributed by atoms with E-state index in [1.54, 1.807) is 13.2 Å². The fraction of sp³-hybridized carbons (Fsp3) is 0.278. The molecule has 6 heteroatoms. The number of halogens is 1. The zero-order valence-corrected chi connectivity index (χ0v) is 14.3. The van der Waals surface area contributed by atoms with Crippen LogP contribution in [0.2, 0.25) is 5.02 Å². The molecule has 0 heterocycles. The van der Waals surface area contributed by atoms with Crippen molar-refractivity contribution >= 4 is 17.9 Å². The van der Waals surface area contributed by atoms with Gasteiger partial charge in [-0.1, -0.05) is 11.6 Å². The van der Waals surface area contributed by atoms with Gasteiger partial charge in [0.15, 0.2) is 11.5 Å². The van der Waals surface area contributed by atoms with Crippen LogP contribution in [-0.2, 0) is 0 Å². The maximum Gasteiger partial charge on any atom is 0.179 e. The number of benzene rings is 2. The van der Waals surface area contributed by atoms with Gasteiger partial charge in [-0.3, -0.25) is 4.79 Å². The van der Waals surface area contributed by atoms with Crippen LogP contribution in [-0.4, -0.2) is 33.2 Å². The SMILES string of the molecule is CCOc1cc(C=O)cc(Cl)c1OCCOc1ccc(OC)cc1. The van der Waals surface area contributed by atoms with E-state index in [0.717, 1.165) is 5.75 Å². The van der Waals surface area contributed by atoms with Crippen molar-refractivity contribution in [1.29, 1.82) is 0 Å². The third kappa shape index (κ3) is 4.80. The van der Waals surface area contributed by atoms with E-state index < -0.39 is 0 Å². The highest BCUT2D eigenvalue weighted by atomic mass is 35.5. The number of carbonyl (C=O) groups excluding carboxylic acids is 1. The van der Waals surface area contributed by atoms with Gasteiger partial charge < -0.3 is 18.9 Å². The van der Waals surface area contributed by atoms with Crippen LogP contribution in [0, 0.1) is 0 Å². The summed E-state index contributed by atoms with van der Waals surface area (Å²) in [6, 6.07) is 10.4. The Morgan fingerprint density at radius 1 is 1.00 bits per heavy atom. The second-order valence-electron chi connectivity index (χ2n) is 4.75. The molecule has 0 radical (unpaired) electrons. The second-order valence-corrected chi connectivity index (χ2v) is 5.16. The molecular formula is C18H19ClO5. The zero-order valence-electron chi connectivity index (χ0n) is 13.6. The molecule has 0 amide bonds. The molecule has 0 unspecified atom stereocenters. The number of aldehydes is 1. The Labute approximate surface area is 146 Å². The summed E-state index contributed by atoms with van der Waals surface area (Å²) >= 11 is 6.16. The number of ether oxygens (including phenoxy) is 4. The highest BCUT2D eigenvalue weighted by Crippen LogP contribution is 2.36. The molecule has 24 heavy (non-hydrogen) atoms. The van der Waals surface area contributed by atoms with Crippen LogP contribution >= 0.6 is 11.6 Å². The Kier molecular flexibility index (Phi) is 6.75. The van der Waals surface area contributed by atoms with Crippen molar-refractivity contribution in [3.63, 3.8) is 0 Å². The quantitative estimate of drug-likeness (QED) is 0.505. The Morgan fingerprint density at radius 3 is 2.29 bits per heavy atom. The third-order valence-corrected chi connectivity index (χ3v) is 3.41. The highest BCUT2D eigenvalue weighted by Gasteiger charge is 2.12. The van der Waals surface area contributed by atoms with Crippen LogP contribution in [0.1, 0.15) is 17.3 Å². The van der Waals surface area contributed by atoms with Crippen LogP contribution in [0.4, 0.5) is 0 Å². The minimum atomic E-state index is 0.284. The number of carbonyl (C=O) groups is 1. The second kappa shape index (κ2) is 9.03. The van der Waals surface area contributed by atoms with Gasteiger partial charge in [0, 0.05) is 5.56 Å². The molecule has 2 aromatic carbocycles. The number of methoxy groups -OCH3 is 1. The normalized spacial score (nSPS) is 10.1. The van der Waals surface area contributed by atoms with Gasteiger partial charge in [-0.05, 0) is 43.3 Å². The fourth-order valence-corrected chi connectivity index (χ4v) is 2.31. The van der Waals surface area contributed by atoms with Crippen molar-refractivity contribution in [3.8, 4) is 23.0 Å². The van der Waals surface area contributed by atoms with E-state index in [-0.39, 0.29) is 6.61 Å². The van der Waals surface area contributed by atoms with Gasteiger partial charge in [0.2, 0.25) is 0 Å². The molecule has 0 saturated carbocycles. The molecule has 0 atom stereocenters. The standard InChI is InChI=1S/C18H19ClO5/c1-3-22-17-11-13(12-20)10-16(19)18(17)24-9-8-23-15-6-4-14(21-2)5-7-15/h4-7,10-12H,3,8-9H2,1-2H3. The van der Waals surface area contributed by atoms with E-state index in [9.17, 15) is 4.79 Å². The summed E-state index contributed by atoms with van der Waals surface area (Å²) in [5.74, 6) is 2.33. The molecule has 0 bridgehead atoms. The molecule has 0 aliphatic rings. The van der Waals surface area contributed by atoms with Gasteiger partial charge in [0.05, 0.1) is 18.7 Å². The van der Waals surface area contributed by atoms with Crippen LogP contribution in [0.5, 0.6) is 23.0 Å². The minimum absolute atomic E-state index is 0.284. The first-order valence-corrected chi connectivity index (χ1v) is 7.87. The summed E-state index contributed by atoms with van der Waals surface area (Å²) in [5.41, 5.74) is 0.435. The molecule has 128 valence electrons. The lowest BCUT2D eigenvalue weighted by molar-refractivity contribution is 0.112. The first kappa shape index (κ1) is 17.9. The summed E-state index contributed by atoms with van der Waals surface area (Å²) in [6.07, 6.45) is 0.713. The van der Waals surface area contributed by atoms with Gasteiger partial charge in [0.1, 0.15) is 31.0 Å². The van der Waals surface area contributed by atoms with Gasteiger partial charge in [0.25, 0.3) is 0 Å². The van der Waals surface area contributed by atoms with Crippen molar-refractivity contribution in [2.45, 2.75) is 6.92 Å². The summed E-state index contributed by atoms with van der Waals surface area (Å²) < 4.78 is 21.8. The van der Waals surface area contributed by atoms with Gasteiger partial charge in [-0.25, -0.2) is 0 Å². The third-order valence-electron chi connectivity index (χ3n) is 3.13. The molecule has 2 aromatic rings. The first-order chi connectivity index (χ1) is 11.7. The van der Waals surface area contributed by atoms with E-state index in [1.807, 2.05) is 31.2 Å². The smallest absolute Gasteiger partial charge is 0.179 e. The fourth-order valence-electron chi connectivity index (χ4n) is 2.03. The molecule has 0 spiro atoms. The maximum absolute atomic E-state index is 10.9. The highest BCUT2D eigenvalue weighted by molar-refractivity contribution is 6.32. The first-order valence-electron chi connectivity index (χ1n) is 7.49. The largest absolute Gasteiger partial charge is 0.497 e. The predicted octanol–water partition coefficient (Wildman–Crippen LogP) is 4.02. The Bertz CT molecular complexity index is 670. The maximum atomic E-state index is 10.9. The Hall–Kier alpha value is -2.40. The average molecular weight is 351 g/mol. The minimum Gasteiger partial charge on any atom is -0.497 e. The number of hydrogen-bond acceptors (Lipinski definition) is 5. The van der Waals surface area contributed by atoms with E-state index in [4.69, 9.17) is 30.5 Å². The predicted molar refractivity (Wildman–Crippen MR) is 92.0 cm³/mol. The van der Waals surface area contributed by atoms with Gasteiger partial charge in [-0.15, -0.1) is 0 Å². The molecule has 0 aliphatic carbocycles. The van der Waals surface area contributed by atoms with Crippen LogP contribution in [0.15, 0.2) is 36.4 Å². The lowest BCUT2D eigenvalue weighted by Gasteiger charge is -2.14. The van der Waals surface area contributed by atoms with Crippen LogP contribution in [0.25, 0.3) is 0 Å². The molecule has 0 aliphatic heterocycles. The Morgan fingerprint density at radius 2 is 1.67 bits per heavy atom. The number of hydrogen-bond donors (Lipinski definition) is 0. The lowest BCUT2D eigenvalue weighted by Crippen LogP contribution is -2.10. The van der Waals surface area contributed by atoms with E-state index in [0.29, 0.717) is 47.3 Å². The van der Waals surface area contributed by atoms with Crippen LogP contribution in [0.3, 0.4) is 0 Å². The molecule has 0 aromatic heterocycles. The molecule has 2 rings (SSSR count). The van der Waals surface area contributed by atoms with Crippen molar-refractivity contribution in [2.24, 2.45) is 0 Å². The lowest BCUT2D eigenvalue weighted by atomic mass is 10.2. The summed E-state index contributed by atoms with van der Waals surface area (Å²) in [4.78, 5) is 10.9. The van der Waals surface area contributed by atoms with Crippen molar-refractivity contribution in [3.05, 3.63) is 47.0 Å². The Balaban J connectivity index is 1.94. The molecule has 0 saturated heterocycles. The number of rotatable bonds is 9. The van der Waals surface area contributed by atoms with Gasteiger partial charge in [-0.2, -0.15) is 0 Å². The zero-order chi connectivity index (χ0) is 17.4. The summed E-state index contributed by atoms with van der Waals surface area (Å²) in [7, 11) is 1.61. The molecule has 0 N–H and O–H groups in total. The van der Waals surface area contributed by atoms with Crippen LogP contribution < -0.4 is 18.9 Å².